The van der Waals surface area contributed by atoms with E-state index in [1.807, 2.05) is 42.5 Å². The number of furan rings is 1. The van der Waals surface area contributed by atoms with Crippen molar-refractivity contribution in [3.63, 3.8) is 0 Å². The van der Waals surface area contributed by atoms with E-state index in [0.717, 1.165) is 29.8 Å². The minimum atomic E-state index is -0.0815. The zero-order valence-electron chi connectivity index (χ0n) is 13.5. The van der Waals surface area contributed by atoms with Gasteiger partial charge in [0.25, 0.3) is 5.91 Å². The number of carbonyl (C=O) groups excluding carboxylic acids is 1. The molecule has 3 heterocycles. The van der Waals surface area contributed by atoms with Crippen molar-refractivity contribution in [2.75, 3.05) is 19.6 Å². The second-order valence-electron chi connectivity index (χ2n) is 6.25. The zero-order chi connectivity index (χ0) is 16.4. The van der Waals surface area contributed by atoms with Crippen LogP contribution in [0.5, 0.6) is 0 Å². The van der Waals surface area contributed by atoms with E-state index in [1.54, 1.807) is 6.26 Å². The first-order valence-corrected chi connectivity index (χ1v) is 8.45. The van der Waals surface area contributed by atoms with Crippen LogP contribution in [0.2, 0.25) is 0 Å². The molecule has 0 saturated carbocycles. The van der Waals surface area contributed by atoms with Gasteiger partial charge in [0.15, 0.2) is 0 Å². The largest absolute Gasteiger partial charge is 0.468 e. The van der Waals surface area contributed by atoms with Crippen molar-refractivity contribution in [3.05, 3.63) is 60.2 Å². The Bertz CT molecular complexity index is 783. The lowest BCUT2D eigenvalue weighted by atomic mass is 10.2. The van der Waals surface area contributed by atoms with Gasteiger partial charge >= 0.3 is 0 Å². The average molecular weight is 323 g/mol. The van der Waals surface area contributed by atoms with Gasteiger partial charge in [-0.25, -0.2) is 0 Å². The first kappa shape index (κ1) is 15.0. The number of para-hydroxylation sites is 1. The van der Waals surface area contributed by atoms with Crippen molar-refractivity contribution in [2.45, 2.75) is 18.9 Å². The summed E-state index contributed by atoms with van der Waals surface area (Å²) in [6.07, 6.45) is 4.10. The Kier molecular flexibility index (Phi) is 4.09. The Hall–Kier alpha value is -2.53. The summed E-state index contributed by atoms with van der Waals surface area (Å²) in [6, 6.07) is 13.8. The number of carbonyl (C=O) groups is 1. The molecular weight excluding hydrogens is 302 g/mol. The molecule has 1 atom stereocenters. The lowest BCUT2D eigenvalue weighted by Gasteiger charge is -2.25. The van der Waals surface area contributed by atoms with E-state index >= 15 is 0 Å². The van der Waals surface area contributed by atoms with Gasteiger partial charge in [0.1, 0.15) is 11.5 Å². The Balaban J connectivity index is 1.48. The Morgan fingerprint density at radius 1 is 1.21 bits per heavy atom. The van der Waals surface area contributed by atoms with Gasteiger partial charge in [-0.1, -0.05) is 18.2 Å². The maximum absolute atomic E-state index is 12.5. The molecule has 0 bridgehead atoms. The Morgan fingerprint density at radius 3 is 2.79 bits per heavy atom. The smallest absolute Gasteiger partial charge is 0.267 e. The number of aromatic amines is 1. The lowest BCUT2D eigenvalue weighted by Crippen LogP contribution is -2.36. The van der Waals surface area contributed by atoms with Crippen LogP contribution in [-0.2, 0) is 0 Å². The van der Waals surface area contributed by atoms with Gasteiger partial charge in [-0.15, -0.1) is 0 Å². The number of amides is 1. The molecule has 5 heteroatoms. The first-order chi connectivity index (χ1) is 11.8. The summed E-state index contributed by atoms with van der Waals surface area (Å²) in [4.78, 5) is 18.1. The highest BCUT2D eigenvalue weighted by Crippen LogP contribution is 2.25. The number of H-pyrrole nitrogens is 1. The van der Waals surface area contributed by atoms with Crippen molar-refractivity contribution in [1.82, 2.24) is 15.2 Å². The summed E-state index contributed by atoms with van der Waals surface area (Å²) in [6.45, 7) is 2.64. The third kappa shape index (κ3) is 2.95. The van der Waals surface area contributed by atoms with Crippen LogP contribution < -0.4 is 5.32 Å². The van der Waals surface area contributed by atoms with Crippen LogP contribution in [0, 0.1) is 0 Å². The monoisotopic (exact) mass is 323 g/mol. The molecule has 124 valence electrons. The predicted octanol–water partition coefficient (Wildman–Crippen LogP) is 3.33. The van der Waals surface area contributed by atoms with Gasteiger partial charge in [-0.2, -0.15) is 0 Å². The number of nitrogens with one attached hydrogen (secondary N) is 2. The molecule has 4 rings (SSSR count). The number of rotatable bonds is 5. The number of hydrogen-bond acceptors (Lipinski definition) is 3. The topological polar surface area (TPSA) is 61.3 Å². The predicted molar refractivity (Wildman–Crippen MR) is 92.9 cm³/mol. The van der Waals surface area contributed by atoms with Crippen LogP contribution in [-0.4, -0.2) is 35.4 Å². The van der Waals surface area contributed by atoms with E-state index in [0.29, 0.717) is 12.2 Å². The standard InChI is InChI=1S/C19H21N3O2/c23-19(16-12-14-6-1-2-7-15(14)21-16)20-13-17(18-8-5-11-24-18)22-9-3-4-10-22/h1-2,5-8,11-12,17,21H,3-4,9-10,13H2,(H,20,23)/t17-/m0/s1. The molecule has 0 aliphatic carbocycles. The minimum Gasteiger partial charge on any atom is -0.468 e. The van der Waals surface area contributed by atoms with Crippen molar-refractivity contribution >= 4 is 16.8 Å². The van der Waals surface area contributed by atoms with Gasteiger partial charge < -0.3 is 14.7 Å². The van der Waals surface area contributed by atoms with Gasteiger partial charge in [-0.3, -0.25) is 9.69 Å². The fraction of sp³-hybridized carbons (Fsp3) is 0.316. The second kappa shape index (κ2) is 6.53. The van der Waals surface area contributed by atoms with Gasteiger partial charge in [-0.05, 0) is 50.2 Å². The number of likely N-dealkylation sites (tertiary alicyclic amines) is 1. The minimum absolute atomic E-state index is 0.0815. The van der Waals surface area contributed by atoms with Crippen LogP contribution in [0.3, 0.4) is 0 Å². The number of benzene rings is 1. The molecular formula is C19H21N3O2. The normalized spacial score (nSPS) is 16.5. The fourth-order valence-electron chi connectivity index (χ4n) is 3.42. The van der Waals surface area contributed by atoms with E-state index in [1.165, 1.54) is 12.8 Å². The number of nitrogens with zero attached hydrogens (tertiary/aromatic N) is 1. The number of hydrogen-bond donors (Lipinski definition) is 2. The molecule has 1 saturated heterocycles. The van der Waals surface area contributed by atoms with E-state index in [9.17, 15) is 4.79 Å². The molecule has 0 unspecified atom stereocenters. The summed E-state index contributed by atoms with van der Waals surface area (Å²) in [5.41, 5.74) is 1.57. The van der Waals surface area contributed by atoms with E-state index in [4.69, 9.17) is 4.42 Å². The van der Waals surface area contributed by atoms with E-state index in [2.05, 4.69) is 15.2 Å². The maximum Gasteiger partial charge on any atom is 0.267 e. The van der Waals surface area contributed by atoms with Crippen molar-refractivity contribution in [2.24, 2.45) is 0 Å². The third-order valence-electron chi connectivity index (χ3n) is 4.68. The number of fused-ring (bicyclic) bond motifs is 1. The average Bonchev–Trinajstić information content (AvgIpc) is 3.35. The third-order valence-corrected chi connectivity index (χ3v) is 4.68. The number of aromatic nitrogens is 1. The molecule has 2 N–H and O–H groups in total. The van der Waals surface area contributed by atoms with Crippen LogP contribution in [0.4, 0.5) is 0 Å². The highest BCUT2D eigenvalue weighted by atomic mass is 16.3. The van der Waals surface area contributed by atoms with Crippen molar-refractivity contribution in [1.29, 1.82) is 0 Å². The first-order valence-electron chi connectivity index (χ1n) is 8.45. The molecule has 0 radical (unpaired) electrons. The molecule has 1 fully saturated rings. The van der Waals surface area contributed by atoms with Crippen molar-refractivity contribution < 1.29 is 9.21 Å². The SMILES string of the molecule is O=C(NC[C@@H](c1ccco1)N1CCCC1)c1cc2ccccc2[nH]1. The van der Waals surface area contributed by atoms with Gasteiger partial charge in [0.2, 0.25) is 0 Å². The highest BCUT2D eigenvalue weighted by molar-refractivity contribution is 5.97. The Morgan fingerprint density at radius 2 is 2.04 bits per heavy atom. The zero-order valence-corrected chi connectivity index (χ0v) is 13.5. The quantitative estimate of drug-likeness (QED) is 0.757. The summed E-state index contributed by atoms with van der Waals surface area (Å²) in [7, 11) is 0. The molecule has 1 aliphatic rings. The summed E-state index contributed by atoms with van der Waals surface area (Å²) < 4.78 is 5.59. The maximum atomic E-state index is 12.5. The fourth-order valence-corrected chi connectivity index (χ4v) is 3.42. The van der Waals surface area contributed by atoms with Gasteiger partial charge in [0, 0.05) is 17.4 Å². The molecule has 1 aliphatic heterocycles. The van der Waals surface area contributed by atoms with Crippen LogP contribution >= 0.6 is 0 Å². The highest BCUT2D eigenvalue weighted by Gasteiger charge is 2.26. The second-order valence-corrected chi connectivity index (χ2v) is 6.25. The van der Waals surface area contributed by atoms with Crippen LogP contribution in [0.15, 0.2) is 53.1 Å². The lowest BCUT2D eigenvalue weighted by molar-refractivity contribution is 0.0929. The molecule has 1 aromatic carbocycles. The van der Waals surface area contributed by atoms with Crippen LogP contribution in [0.25, 0.3) is 10.9 Å². The molecule has 3 aromatic rings. The summed E-state index contributed by atoms with van der Waals surface area (Å²) in [5.74, 6) is 0.829. The summed E-state index contributed by atoms with van der Waals surface area (Å²) >= 11 is 0. The Labute approximate surface area is 140 Å². The molecule has 2 aromatic heterocycles. The summed E-state index contributed by atoms with van der Waals surface area (Å²) in [5, 5.41) is 4.10. The van der Waals surface area contributed by atoms with E-state index in [-0.39, 0.29) is 11.9 Å². The van der Waals surface area contributed by atoms with Gasteiger partial charge in [0.05, 0.1) is 12.3 Å². The van der Waals surface area contributed by atoms with E-state index < -0.39 is 0 Å². The molecule has 0 spiro atoms. The molecule has 5 nitrogen and oxygen atoms in total. The molecule has 1 amide bonds. The van der Waals surface area contributed by atoms with Crippen molar-refractivity contribution in [3.8, 4) is 0 Å². The van der Waals surface area contributed by atoms with Crippen LogP contribution in [0.1, 0.15) is 35.1 Å². The molecule has 24 heavy (non-hydrogen) atoms.